The number of H-pyrrole nitrogens is 1. The van der Waals surface area contributed by atoms with E-state index in [1.165, 1.54) is 41.4 Å². The number of benzene rings is 2. The maximum atomic E-state index is 13.1. The van der Waals surface area contributed by atoms with Crippen LogP contribution in [0.1, 0.15) is 21.6 Å². The Balaban J connectivity index is 1.80. The minimum atomic E-state index is -1.19. The molecule has 0 unspecified atom stereocenters. The first kappa shape index (κ1) is 16.8. The molecule has 2 aromatic carbocycles. The zero-order chi connectivity index (χ0) is 19.1. The number of aromatic amines is 1. The highest BCUT2D eigenvalue weighted by Crippen LogP contribution is 2.34. The van der Waals surface area contributed by atoms with Gasteiger partial charge in [0, 0.05) is 23.7 Å². The van der Waals surface area contributed by atoms with Gasteiger partial charge in [-0.1, -0.05) is 12.1 Å². The summed E-state index contributed by atoms with van der Waals surface area (Å²) < 4.78 is 13.1. The van der Waals surface area contributed by atoms with Crippen LogP contribution < -0.4 is 0 Å². The number of aliphatic carboxylic acids is 1. The number of nitrogens with zero attached hydrogens (tertiary/aromatic N) is 1. The molecule has 0 bridgehead atoms. The third-order valence-corrected chi connectivity index (χ3v) is 4.66. The Morgan fingerprint density at radius 3 is 2.56 bits per heavy atom. The highest BCUT2D eigenvalue weighted by molar-refractivity contribution is 6.17. The number of carbonyl (C=O) groups excluding carboxylic acids is 1. The standard InChI is InChI=1S/C20H15FN2O4/c21-12-6-4-11(5-7-12)19(25)23-9-8-14-13-2-1-3-16(24)18(13)22-17(14)15(10-23)20(26)27/h1-7,10,22,24H,8-9H2,(H,26,27). The van der Waals surface area contributed by atoms with Crippen molar-refractivity contribution < 1.29 is 24.2 Å². The number of carboxylic acids is 1. The van der Waals surface area contributed by atoms with Crippen LogP contribution in [0.2, 0.25) is 0 Å². The van der Waals surface area contributed by atoms with Gasteiger partial charge in [0.15, 0.2) is 0 Å². The Labute approximate surface area is 153 Å². The molecule has 136 valence electrons. The predicted octanol–water partition coefficient (Wildman–Crippen LogP) is 3.14. The van der Waals surface area contributed by atoms with E-state index in [2.05, 4.69) is 4.98 Å². The van der Waals surface area contributed by atoms with Crippen LogP contribution in [0, 0.1) is 5.82 Å². The Morgan fingerprint density at radius 1 is 1.11 bits per heavy atom. The lowest BCUT2D eigenvalue weighted by molar-refractivity contribution is -0.130. The molecular formula is C20H15FN2O4. The number of rotatable bonds is 2. The van der Waals surface area contributed by atoms with E-state index in [1.807, 2.05) is 0 Å². The van der Waals surface area contributed by atoms with Crippen LogP contribution in [-0.2, 0) is 11.2 Å². The summed E-state index contributed by atoms with van der Waals surface area (Å²) >= 11 is 0. The predicted molar refractivity (Wildman–Crippen MR) is 96.7 cm³/mol. The third-order valence-electron chi connectivity index (χ3n) is 4.66. The zero-order valence-corrected chi connectivity index (χ0v) is 14.1. The van der Waals surface area contributed by atoms with E-state index in [4.69, 9.17) is 0 Å². The van der Waals surface area contributed by atoms with Gasteiger partial charge >= 0.3 is 5.97 Å². The summed E-state index contributed by atoms with van der Waals surface area (Å²) in [6.07, 6.45) is 1.69. The first-order valence-electron chi connectivity index (χ1n) is 8.30. The molecule has 27 heavy (non-hydrogen) atoms. The second-order valence-corrected chi connectivity index (χ2v) is 6.28. The summed E-state index contributed by atoms with van der Waals surface area (Å²) in [5.74, 6) is -2.03. The van der Waals surface area contributed by atoms with Gasteiger partial charge in [-0.05, 0) is 42.3 Å². The molecule has 0 saturated carbocycles. The molecule has 0 aliphatic carbocycles. The minimum absolute atomic E-state index is 0.0320. The van der Waals surface area contributed by atoms with Crippen LogP contribution >= 0.6 is 0 Å². The minimum Gasteiger partial charge on any atom is -0.506 e. The number of hydrogen-bond donors (Lipinski definition) is 3. The summed E-state index contributed by atoms with van der Waals surface area (Å²) in [6.45, 7) is 0.253. The molecule has 4 rings (SSSR count). The maximum Gasteiger partial charge on any atom is 0.339 e. The number of fused-ring (bicyclic) bond motifs is 3. The number of aromatic nitrogens is 1. The highest BCUT2D eigenvalue weighted by Gasteiger charge is 2.27. The lowest BCUT2D eigenvalue weighted by Gasteiger charge is -2.17. The van der Waals surface area contributed by atoms with E-state index in [1.54, 1.807) is 12.1 Å². The molecule has 1 amide bonds. The van der Waals surface area contributed by atoms with Gasteiger partial charge in [0.2, 0.25) is 0 Å². The van der Waals surface area contributed by atoms with Gasteiger partial charge in [-0.3, -0.25) is 4.79 Å². The van der Waals surface area contributed by atoms with Crippen molar-refractivity contribution >= 4 is 28.4 Å². The summed E-state index contributed by atoms with van der Waals surface area (Å²) in [7, 11) is 0. The second kappa shape index (κ2) is 6.28. The Morgan fingerprint density at radius 2 is 1.85 bits per heavy atom. The fourth-order valence-electron chi connectivity index (χ4n) is 3.35. The summed E-state index contributed by atoms with van der Waals surface area (Å²) in [5, 5.41) is 20.4. The van der Waals surface area contributed by atoms with Gasteiger partial charge in [0.05, 0.1) is 16.8 Å². The number of phenols is 1. The van der Waals surface area contributed by atoms with Crippen molar-refractivity contribution in [1.82, 2.24) is 9.88 Å². The largest absolute Gasteiger partial charge is 0.506 e. The first-order valence-corrected chi connectivity index (χ1v) is 8.30. The third kappa shape index (κ3) is 2.83. The van der Waals surface area contributed by atoms with Gasteiger partial charge in [0.1, 0.15) is 11.6 Å². The number of amides is 1. The average molecular weight is 366 g/mol. The van der Waals surface area contributed by atoms with Crippen molar-refractivity contribution in [2.24, 2.45) is 0 Å². The first-order chi connectivity index (χ1) is 13.0. The van der Waals surface area contributed by atoms with Crippen molar-refractivity contribution in [1.29, 1.82) is 0 Å². The van der Waals surface area contributed by atoms with Crippen LogP contribution in [0.3, 0.4) is 0 Å². The molecule has 0 atom stereocenters. The Bertz CT molecular complexity index is 1100. The van der Waals surface area contributed by atoms with E-state index >= 15 is 0 Å². The molecule has 7 heteroatoms. The van der Waals surface area contributed by atoms with E-state index in [0.29, 0.717) is 23.0 Å². The number of aromatic hydroxyl groups is 1. The number of carboxylic acid groups (broad SMARTS) is 1. The number of phenolic OH excluding ortho intramolecular Hbond substituents is 1. The summed E-state index contributed by atoms with van der Waals surface area (Å²) in [6, 6.07) is 10.1. The molecule has 6 nitrogen and oxygen atoms in total. The topological polar surface area (TPSA) is 93.6 Å². The fourth-order valence-corrected chi connectivity index (χ4v) is 3.35. The van der Waals surface area contributed by atoms with Crippen molar-refractivity contribution in [3.63, 3.8) is 0 Å². The SMILES string of the molecule is O=C(O)C1=CN(C(=O)c2ccc(F)cc2)CCc2c1[nH]c1c(O)cccc21. The van der Waals surface area contributed by atoms with Gasteiger partial charge in [0.25, 0.3) is 5.91 Å². The van der Waals surface area contributed by atoms with Crippen LogP contribution in [0.4, 0.5) is 4.39 Å². The molecule has 2 heterocycles. The number of carbonyl (C=O) groups is 2. The van der Waals surface area contributed by atoms with Crippen LogP contribution in [0.5, 0.6) is 5.75 Å². The smallest absolute Gasteiger partial charge is 0.339 e. The number of nitrogens with one attached hydrogen (secondary N) is 1. The number of halogens is 1. The molecule has 3 aromatic rings. The molecule has 0 saturated heterocycles. The normalized spacial score (nSPS) is 13.8. The Kier molecular flexibility index (Phi) is 3.92. The van der Waals surface area contributed by atoms with E-state index in [-0.39, 0.29) is 23.4 Å². The molecular weight excluding hydrogens is 351 g/mol. The molecule has 3 N–H and O–H groups in total. The molecule has 0 radical (unpaired) electrons. The lowest BCUT2D eigenvalue weighted by atomic mass is 10.0. The number of para-hydroxylation sites is 1. The zero-order valence-electron chi connectivity index (χ0n) is 14.1. The molecule has 1 aliphatic heterocycles. The van der Waals surface area contributed by atoms with Crippen molar-refractivity contribution in [2.75, 3.05) is 6.54 Å². The van der Waals surface area contributed by atoms with Gasteiger partial charge < -0.3 is 20.1 Å². The quantitative estimate of drug-likeness (QED) is 0.650. The van der Waals surface area contributed by atoms with Gasteiger partial charge in [-0.2, -0.15) is 0 Å². The molecule has 0 spiro atoms. The molecule has 1 aromatic heterocycles. The van der Waals surface area contributed by atoms with Crippen LogP contribution in [0.25, 0.3) is 16.5 Å². The fraction of sp³-hybridized carbons (Fsp3) is 0.100. The van der Waals surface area contributed by atoms with Crippen molar-refractivity contribution in [3.8, 4) is 5.75 Å². The van der Waals surface area contributed by atoms with Crippen molar-refractivity contribution in [3.05, 3.63) is 71.3 Å². The average Bonchev–Trinajstić information content (AvgIpc) is 2.90. The van der Waals surface area contributed by atoms with E-state index < -0.39 is 17.7 Å². The molecule has 0 fully saturated rings. The van der Waals surface area contributed by atoms with E-state index in [0.717, 1.165) is 5.56 Å². The molecule has 1 aliphatic rings. The van der Waals surface area contributed by atoms with Crippen LogP contribution in [0.15, 0.2) is 48.7 Å². The summed E-state index contributed by atoms with van der Waals surface area (Å²) in [5.41, 5.74) is 1.75. The maximum absolute atomic E-state index is 13.1. The Hall–Kier alpha value is -3.61. The van der Waals surface area contributed by atoms with Crippen molar-refractivity contribution in [2.45, 2.75) is 6.42 Å². The second-order valence-electron chi connectivity index (χ2n) is 6.28. The summed E-state index contributed by atoms with van der Waals surface area (Å²) in [4.78, 5) is 28.9. The van der Waals surface area contributed by atoms with Gasteiger partial charge in [-0.25, -0.2) is 9.18 Å². The monoisotopic (exact) mass is 366 g/mol. The highest BCUT2D eigenvalue weighted by atomic mass is 19.1. The van der Waals surface area contributed by atoms with E-state index in [9.17, 15) is 24.2 Å². The lowest BCUT2D eigenvalue weighted by Crippen LogP contribution is -2.27. The number of hydrogen-bond acceptors (Lipinski definition) is 3. The van der Waals surface area contributed by atoms with Gasteiger partial charge in [-0.15, -0.1) is 0 Å². The van der Waals surface area contributed by atoms with Crippen LogP contribution in [-0.4, -0.2) is 38.5 Å².